The molecule has 2 aromatic rings. The summed E-state index contributed by atoms with van der Waals surface area (Å²) in [5, 5.41) is 2.97. The van der Waals surface area contributed by atoms with Gasteiger partial charge in [-0.1, -0.05) is 11.6 Å². The van der Waals surface area contributed by atoms with Gasteiger partial charge in [-0.2, -0.15) is 0 Å². The van der Waals surface area contributed by atoms with Gasteiger partial charge in [-0.25, -0.2) is 8.42 Å². The van der Waals surface area contributed by atoms with E-state index < -0.39 is 10.0 Å². The summed E-state index contributed by atoms with van der Waals surface area (Å²) in [5.41, 5.74) is 3.18. The number of ether oxygens (including phenoxy) is 1. The minimum atomic E-state index is -3.73. The lowest BCUT2D eigenvalue weighted by Crippen LogP contribution is -2.28. The summed E-state index contributed by atoms with van der Waals surface area (Å²) in [5.74, 6) is 0.444. The molecule has 3 rings (SSSR count). The van der Waals surface area contributed by atoms with E-state index in [9.17, 15) is 13.2 Å². The van der Waals surface area contributed by atoms with Gasteiger partial charge in [-0.3, -0.25) is 9.10 Å². The third-order valence-corrected chi connectivity index (χ3v) is 7.42. The average molecular weight is 443 g/mol. The van der Waals surface area contributed by atoms with Crippen LogP contribution in [0.3, 0.4) is 0 Å². The number of anilines is 1. The van der Waals surface area contributed by atoms with Gasteiger partial charge >= 0.3 is 0 Å². The van der Waals surface area contributed by atoms with Gasteiger partial charge in [0.15, 0.2) is 0 Å². The smallest absolute Gasteiger partial charge is 0.264 e. The number of nitrogens with one attached hydrogen (secondary N) is 1. The predicted octanol–water partition coefficient (Wildman–Crippen LogP) is 4.45. The normalized spacial score (nSPS) is 14.0. The van der Waals surface area contributed by atoms with Crippen molar-refractivity contribution in [2.45, 2.75) is 43.9 Å². The minimum Gasteiger partial charge on any atom is -0.497 e. The molecule has 0 spiro atoms. The van der Waals surface area contributed by atoms with Crippen LogP contribution in [0.2, 0.25) is 0 Å². The first-order valence-corrected chi connectivity index (χ1v) is 12.0. The van der Waals surface area contributed by atoms with Crippen molar-refractivity contribution in [1.82, 2.24) is 5.32 Å². The lowest BCUT2D eigenvalue weighted by atomic mass is 9.97. The highest BCUT2D eigenvalue weighted by Gasteiger charge is 2.23. The fourth-order valence-corrected chi connectivity index (χ4v) is 5.02. The number of allylic oxidation sites excluding steroid dienone is 1. The Hall–Kier alpha value is -2.80. The van der Waals surface area contributed by atoms with Crippen molar-refractivity contribution < 1.29 is 17.9 Å². The molecule has 166 valence electrons. The Labute approximate surface area is 185 Å². The van der Waals surface area contributed by atoms with Crippen LogP contribution in [-0.2, 0) is 10.0 Å². The van der Waals surface area contributed by atoms with Crippen molar-refractivity contribution in [3.63, 3.8) is 0 Å². The van der Waals surface area contributed by atoms with Crippen LogP contribution in [-0.4, -0.2) is 35.0 Å². The molecule has 0 saturated carbocycles. The summed E-state index contributed by atoms with van der Waals surface area (Å²) < 4.78 is 32.3. The molecule has 0 fully saturated rings. The molecule has 1 amide bonds. The van der Waals surface area contributed by atoms with Crippen LogP contribution in [0.4, 0.5) is 5.69 Å². The molecule has 1 N–H and O–H groups in total. The number of amides is 1. The fourth-order valence-electron chi connectivity index (χ4n) is 3.76. The van der Waals surface area contributed by atoms with Gasteiger partial charge in [0.2, 0.25) is 0 Å². The third-order valence-electron chi connectivity index (χ3n) is 5.63. The van der Waals surface area contributed by atoms with Crippen molar-refractivity contribution >= 4 is 21.6 Å². The number of hydrogen-bond acceptors (Lipinski definition) is 4. The molecule has 0 radical (unpaired) electrons. The summed E-state index contributed by atoms with van der Waals surface area (Å²) in [6, 6.07) is 11.3. The van der Waals surface area contributed by atoms with Crippen LogP contribution in [0.15, 0.2) is 59.0 Å². The molecule has 1 aliphatic carbocycles. The average Bonchev–Trinajstić information content (AvgIpc) is 2.79. The number of methoxy groups -OCH3 is 1. The number of aryl methyl sites for hydroxylation is 1. The van der Waals surface area contributed by atoms with Crippen molar-refractivity contribution in [3.8, 4) is 5.75 Å². The Bertz CT molecular complexity index is 1060. The highest BCUT2D eigenvalue weighted by molar-refractivity contribution is 7.92. The molecule has 0 heterocycles. The molecule has 1 aliphatic rings. The number of carbonyl (C=O) groups excluding carboxylic acids is 1. The van der Waals surface area contributed by atoms with Gasteiger partial charge in [0.25, 0.3) is 15.9 Å². The molecular formula is C24H30N2O4S. The van der Waals surface area contributed by atoms with Crippen molar-refractivity contribution in [2.24, 2.45) is 0 Å². The van der Waals surface area contributed by atoms with E-state index in [-0.39, 0.29) is 10.8 Å². The number of sulfonamides is 1. The van der Waals surface area contributed by atoms with Crippen LogP contribution in [0, 0.1) is 6.92 Å². The molecule has 0 aliphatic heterocycles. The van der Waals surface area contributed by atoms with E-state index in [1.54, 1.807) is 37.3 Å². The molecule has 0 unspecified atom stereocenters. The van der Waals surface area contributed by atoms with E-state index in [2.05, 4.69) is 11.4 Å². The summed E-state index contributed by atoms with van der Waals surface area (Å²) in [6.07, 6.45) is 7.91. The standard InChI is InChI=1S/C24H30N2O4S/c1-18-17-20(24(27)25-16-15-19-7-5-4-6-8-19)9-14-23(18)26(2)31(28,29)22-12-10-21(30-3)11-13-22/h7,9-14,17H,4-6,8,15-16H2,1-3H3,(H,25,27). The number of benzene rings is 2. The summed E-state index contributed by atoms with van der Waals surface area (Å²) >= 11 is 0. The molecule has 7 heteroatoms. The molecule has 2 aromatic carbocycles. The molecule has 0 atom stereocenters. The molecule has 31 heavy (non-hydrogen) atoms. The minimum absolute atomic E-state index is 0.147. The highest BCUT2D eigenvalue weighted by Crippen LogP contribution is 2.27. The molecule has 0 saturated heterocycles. The number of rotatable bonds is 8. The second-order valence-corrected chi connectivity index (χ2v) is 9.73. The SMILES string of the molecule is COc1ccc(S(=O)(=O)N(C)c2ccc(C(=O)NCCC3=CCCCC3)cc2C)cc1. The topological polar surface area (TPSA) is 75.7 Å². The number of nitrogens with zero attached hydrogens (tertiary/aromatic N) is 1. The Morgan fingerprint density at radius 3 is 2.48 bits per heavy atom. The van der Waals surface area contributed by atoms with Crippen LogP contribution < -0.4 is 14.4 Å². The second-order valence-electron chi connectivity index (χ2n) is 7.76. The first-order valence-electron chi connectivity index (χ1n) is 10.5. The van der Waals surface area contributed by atoms with Gasteiger partial charge in [0.1, 0.15) is 5.75 Å². The van der Waals surface area contributed by atoms with Crippen molar-refractivity contribution in [3.05, 3.63) is 65.2 Å². The summed E-state index contributed by atoms with van der Waals surface area (Å²) in [6.45, 7) is 2.41. The lowest BCUT2D eigenvalue weighted by molar-refractivity contribution is 0.0954. The van der Waals surface area contributed by atoms with E-state index in [0.717, 1.165) is 19.3 Å². The highest BCUT2D eigenvalue weighted by atomic mass is 32.2. The monoisotopic (exact) mass is 442 g/mol. The van der Waals surface area contributed by atoms with Crippen LogP contribution in [0.5, 0.6) is 5.75 Å². The van der Waals surface area contributed by atoms with Gasteiger partial charge in [0, 0.05) is 19.2 Å². The maximum Gasteiger partial charge on any atom is 0.264 e. The largest absolute Gasteiger partial charge is 0.497 e. The summed E-state index contributed by atoms with van der Waals surface area (Å²) in [4.78, 5) is 12.7. The van der Waals surface area contributed by atoms with Crippen LogP contribution >= 0.6 is 0 Å². The maximum absolute atomic E-state index is 13.0. The van der Waals surface area contributed by atoms with Crippen molar-refractivity contribution in [2.75, 3.05) is 25.0 Å². The van der Waals surface area contributed by atoms with E-state index >= 15 is 0 Å². The second kappa shape index (κ2) is 10.0. The quantitative estimate of drug-likeness (QED) is 0.613. The molecule has 6 nitrogen and oxygen atoms in total. The molecular weight excluding hydrogens is 412 g/mol. The van der Waals surface area contributed by atoms with Gasteiger partial charge in [-0.15, -0.1) is 0 Å². The Kier molecular flexibility index (Phi) is 7.38. The van der Waals surface area contributed by atoms with E-state index in [1.165, 1.54) is 49.0 Å². The van der Waals surface area contributed by atoms with E-state index in [4.69, 9.17) is 4.74 Å². The van der Waals surface area contributed by atoms with Crippen molar-refractivity contribution in [1.29, 1.82) is 0 Å². The summed E-state index contributed by atoms with van der Waals surface area (Å²) in [7, 11) is -0.683. The van der Waals surface area contributed by atoms with Gasteiger partial charge < -0.3 is 10.1 Å². The Balaban J connectivity index is 1.68. The molecule has 0 bridgehead atoms. The zero-order valence-corrected chi connectivity index (χ0v) is 19.2. The zero-order valence-electron chi connectivity index (χ0n) is 18.3. The first kappa shape index (κ1) is 22.9. The third kappa shape index (κ3) is 5.47. The lowest BCUT2D eigenvalue weighted by Gasteiger charge is -2.22. The number of hydrogen-bond donors (Lipinski definition) is 1. The Morgan fingerprint density at radius 2 is 1.87 bits per heavy atom. The van der Waals surface area contributed by atoms with E-state index in [0.29, 0.717) is 29.1 Å². The van der Waals surface area contributed by atoms with Gasteiger partial charge in [0.05, 0.1) is 17.7 Å². The Morgan fingerprint density at radius 1 is 1.13 bits per heavy atom. The van der Waals surface area contributed by atoms with E-state index in [1.807, 2.05) is 0 Å². The number of carbonyl (C=O) groups is 1. The van der Waals surface area contributed by atoms with Gasteiger partial charge in [-0.05, 0) is 87.1 Å². The van der Waals surface area contributed by atoms with Crippen LogP contribution in [0.1, 0.15) is 48.0 Å². The first-order chi connectivity index (χ1) is 14.8. The predicted molar refractivity (Wildman–Crippen MR) is 123 cm³/mol. The maximum atomic E-state index is 13.0. The fraction of sp³-hybridized carbons (Fsp3) is 0.375. The van der Waals surface area contributed by atoms with Crippen LogP contribution in [0.25, 0.3) is 0 Å². The zero-order chi connectivity index (χ0) is 22.4. The molecule has 0 aromatic heterocycles.